The molecule has 0 saturated heterocycles. The first-order valence-electron chi connectivity index (χ1n) is 11.2. The lowest BCUT2D eigenvalue weighted by atomic mass is 9.79. The summed E-state index contributed by atoms with van der Waals surface area (Å²) in [5.41, 5.74) is 3.21. The second kappa shape index (κ2) is 9.52. The maximum Gasteiger partial charge on any atom is 0.254 e. The molecule has 0 radical (unpaired) electrons. The van der Waals surface area contributed by atoms with Crippen molar-refractivity contribution in [3.05, 3.63) is 100 Å². The van der Waals surface area contributed by atoms with Crippen molar-refractivity contribution in [1.82, 2.24) is 9.88 Å². The van der Waals surface area contributed by atoms with Gasteiger partial charge in [0, 0.05) is 47.6 Å². The molecule has 4 aromatic rings. The summed E-state index contributed by atoms with van der Waals surface area (Å²) in [7, 11) is 1.57. The van der Waals surface area contributed by atoms with Crippen LogP contribution < -0.4 is 5.32 Å². The predicted octanol–water partition coefficient (Wildman–Crippen LogP) is 5.53. The number of benzene rings is 3. The number of amides is 2. The molecule has 2 N–H and O–H groups in total. The number of rotatable bonds is 6. The molecule has 8 heteroatoms. The molecule has 1 aliphatic heterocycles. The van der Waals surface area contributed by atoms with Crippen LogP contribution in [0.25, 0.3) is 10.9 Å². The van der Waals surface area contributed by atoms with Gasteiger partial charge < -0.3 is 19.9 Å². The molecule has 0 bridgehead atoms. The Morgan fingerprint density at radius 2 is 1.89 bits per heavy atom. The van der Waals surface area contributed by atoms with Gasteiger partial charge in [-0.25, -0.2) is 4.39 Å². The normalized spacial score (nSPS) is 17.5. The number of carbonyl (C=O) groups excluding carboxylic acids is 2. The molecule has 2 heterocycles. The van der Waals surface area contributed by atoms with Gasteiger partial charge in [0.1, 0.15) is 5.82 Å². The largest absolute Gasteiger partial charge is 0.383 e. The van der Waals surface area contributed by atoms with Crippen LogP contribution in [0.15, 0.2) is 72.9 Å². The van der Waals surface area contributed by atoms with Crippen molar-refractivity contribution < 1.29 is 18.7 Å². The molecule has 2 atom stereocenters. The zero-order chi connectivity index (χ0) is 24.5. The molecule has 178 valence electrons. The molecule has 2 amide bonds. The minimum Gasteiger partial charge on any atom is -0.383 e. The highest BCUT2D eigenvalue weighted by Gasteiger charge is 2.44. The standard InChI is InChI=1S/C27H23ClFN3O3/c1-35-13-12-32-25(20-15-30-23-9-5-4-6-17(20)23)24(18-7-2-3-8-19(18)27(32)34)26(33)31-16-10-11-22(29)21(28)14-16/h2-11,14-15,24-25,30H,12-13H2,1H3,(H,31,33)/t24-,25-/m1/s1. The molecule has 35 heavy (non-hydrogen) atoms. The van der Waals surface area contributed by atoms with Gasteiger partial charge in [-0.2, -0.15) is 0 Å². The number of aromatic amines is 1. The number of halogens is 2. The Hall–Kier alpha value is -3.68. The van der Waals surface area contributed by atoms with Crippen molar-refractivity contribution >= 4 is 40.0 Å². The molecule has 6 nitrogen and oxygen atoms in total. The Bertz CT molecular complexity index is 1420. The van der Waals surface area contributed by atoms with E-state index in [4.69, 9.17) is 16.3 Å². The molecule has 0 fully saturated rings. The third-order valence-electron chi connectivity index (χ3n) is 6.38. The molecule has 1 aromatic heterocycles. The molecular formula is C27H23ClFN3O3. The number of ether oxygens (including phenoxy) is 1. The van der Waals surface area contributed by atoms with Gasteiger partial charge in [-0.1, -0.05) is 48.0 Å². The fraction of sp³-hybridized carbons (Fsp3) is 0.185. The van der Waals surface area contributed by atoms with E-state index in [0.717, 1.165) is 16.5 Å². The number of hydrogen-bond acceptors (Lipinski definition) is 3. The van der Waals surface area contributed by atoms with Crippen LogP contribution in [0.3, 0.4) is 0 Å². The molecule has 3 aromatic carbocycles. The van der Waals surface area contributed by atoms with E-state index in [9.17, 15) is 14.0 Å². The van der Waals surface area contributed by atoms with Gasteiger partial charge in [0.25, 0.3) is 5.91 Å². The van der Waals surface area contributed by atoms with Gasteiger partial charge in [-0.05, 0) is 35.9 Å². The van der Waals surface area contributed by atoms with E-state index in [1.165, 1.54) is 18.2 Å². The summed E-state index contributed by atoms with van der Waals surface area (Å²) in [6, 6.07) is 18.4. The van der Waals surface area contributed by atoms with Gasteiger partial charge in [-0.15, -0.1) is 0 Å². The number of fused-ring (bicyclic) bond motifs is 2. The van der Waals surface area contributed by atoms with Crippen molar-refractivity contribution in [2.75, 3.05) is 25.6 Å². The van der Waals surface area contributed by atoms with E-state index >= 15 is 0 Å². The number of nitrogens with one attached hydrogen (secondary N) is 2. The quantitative estimate of drug-likeness (QED) is 0.372. The maximum absolute atomic E-state index is 13.9. The third-order valence-corrected chi connectivity index (χ3v) is 6.67. The Morgan fingerprint density at radius 1 is 1.11 bits per heavy atom. The summed E-state index contributed by atoms with van der Waals surface area (Å²) in [6.45, 7) is 0.620. The number of carbonyl (C=O) groups is 2. The Kier molecular flexibility index (Phi) is 6.28. The number of nitrogens with zero attached hydrogens (tertiary/aromatic N) is 1. The van der Waals surface area contributed by atoms with E-state index in [-0.39, 0.29) is 16.8 Å². The van der Waals surface area contributed by atoms with Crippen LogP contribution in [0.5, 0.6) is 0 Å². The molecule has 1 aliphatic rings. The smallest absolute Gasteiger partial charge is 0.254 e. The zero-order valence-corrected chi connectivity index (χ0v) is 19.7. The van der Waals surface area contributed by atoms with E-state index in [2.05, 4.69) is 10.3 Å². The van der Waals surface area contributed by atoms with Crippen molar-refractivity contribution in [3.8, 4) is 0 Å². The molecular weight excluding hydrogens is 469 g/mol. The highest BCUT2D eigenvalue weighted by Crippen LogP contribution is 2.45. The second-order valence-corrected chi connectivity index (χ2v) is 8.82. The van der Waals surface area contributed by atoms with Gasteiger partial charge in [-0.3, -0.25) is 9.59 Å². The Labute approximate surface area is 206 Å². The molecule has 0 unspecified atom stereocenters. The number of para-hydroxylation sites is 1. The monoisotopic (exact) mass is 491 g/mol. The minimum atomic E-state index is -0.733. The van der Waals surface area contributed by atoms with Crippen LogP contribution in [-0.4, -0.2) is 42.0 Å². The third kappa shape index (κ3) is 4.17. The van der Waals surface area contributed by atoms with E-state index in [0.29, 0.717) is 30.0 Å². The van der Waals surface area contributed by atoms with E-state index < -0.39 is 17.8 Å². The van der Waals surface area contributed by atoms with Gasteiger partial charge >= 0.3 is 0 Å². The van der Waals surface area contributed by atoms with Crippen molar-refractivity contribution in [2.24, 2.45) is 0 Å². The number of methoxy groups -OCH3 is 1. The summed E-state index contributed by atoms with van der Waals surface area (Å²) in [5, 5.41) is 3.72. The average Bonchev–Trinajstić information content (AvgIpc) is 3.29. The lowest BCUT2D eigenvalue weighted by Gasteiger charge is -2.41. The first kappa shape index (κ1) is 23.1. The van der Waals surface area contributed by atoms with Crippen molar-refractivity contribution in [2.45, 2.75) is 12.0 Å². The lowest BCUT2D eigenvalue weighted by Crippen LogP contribution is -2.47. The van der Waals surface area contributed by atoms with E-state index in [1.54, 1.807) is 24.1 Å². The number of anilines is 1. The fourth-order valence-corrected chi connectivity index (χ4v) is 4.97. The van der Waals surface area contributed by atoms with Crippen LogP contribution in [0.1, 0.15) is 33.4 Å². The van der Waals surface area contributed by atoms with Crippen LogP contribution >= 0.6 is 11.6 Å². The predicted molar refractivity (Wildman–Crippen MR) is 133 cm³/mol. The topological polar surface area (TPSA) is 74.4 Å². The SMILES string of the molecule is COCCN1C(=O)c2ccccc2[C@@H](C(=O)Nc2ccc(F)c(Cl)c2)[C@H]1c1c[nH]c2ccccc12. The highest BCUT2D eigenvalue weighted by atomic mass is 35.5. The van der Waals surface area contributed by atoms with Crippen LogP contribution in [0.4, 0.5) is 10.1 Å². The average molecular weight is 492 g/mol. The van der Waals surface area contributed by atoms with Gasteiger partial charge in [0.2, 0.25) is 5.91 Å². The summed E-state index contributed by atoms with van der Waals surface area (Å²) in [5.74, 6) is -1.79. The molecule has 0 spiro atoms. The lowest BCUT2D eigenvalue weighted by molar-refractivity contribution is -0.119. The summed E-state index contributed by atoms with van der Waals surface area (Å²) in [4.78, 5) is 32.5. The molecule has 5 rings (SSSR count). The number of aromatic nitrogens is 1. The minimum absolute atomic E-state index is 0.0862. The fourth-order valence-electron chi connectivity index (χ4n) is 4.79. The Morgan fingerprint density at radius 3 is 2.69 bits per heavy atom. The summed E-state index contributed by atoms with van der Waals surface area (Å²) >= 11 is 5.94. The Balaban J connectivity index is 1.66. The molecule has 0 saturated carbocycles. The molecule has 0 aliphatic carbocycles. The van der Waals surface area contributed by atoms with Crippen molar-refractivity contribution in [3.63, 3.8) is 0 Å². The first-order chi connectivity index (χ1) is 17.0. The highest BCUT2D eigenvalue weighted by molar-refractivity contribution is 6.31. The number of hydrogen-bond donors (Lipinski definition) is 2. The van der Waals surface area contributed by atoms with Crippen LogP contribution in [0.2, 0.25) is 5.02 Å². The van der Waals surface area contributed by atoms with Gasteiger partial charge in [0.15, 0.2) is 0 Å². The zero-order valence-electron chi connectivity index (χ0n) is 18.9. The van der Waals surface area contributed by atoms with E-state index in [1.807, 2.05) is 42.6 Å². The summed E-state index contributed by atoms with van der Waals surface area (Å²) < 4.78 is 19.0. The van der Waals surface area contributed by atoms with Gasteiger partial charge in [0.05, 0.1) is 23.6 Å². The first-order valence-corrected chi connectivity index (χ1v) is 11.6. The van der Waals surface area contributed by atoms with Crippen LogP contribution in [-0.2, 0) is 9.53 Å². The summed E-state index contributed by atoms with van der Waals surface area (Å²) in [6.07, 6.45) is 1.85. The number of H-pyrrole nitrogens is 1. The van der Waals surface area contributed by atoms with Crippen molar-refractivity contribution in [1.29, 1.82) is 0 Å². The second-order valence-electron chi connectivity index (χ2n) is 8.41. The van der Waals surface area contributed by atoms with Crippen LogP contribution in [0, 0.1) is 5.82 Å². The maximum atomic E-state index is 13.9.